The number of halogens is 5. The van der Waals surface area contributed by atoms with E-state index >= 15 is 0 Å². The van der Waals surface area contributed by atoms with Gasteiger partial charge in [0, 0.05) is 41.3 Å². The molecule has 2 fully saturated rings. The average Bonchev–Trinajstić information content (AvgIpc) is 3.34. The van der Waals surface area contributed by atoms with E-state index < -0.39 is 12.3 Å². The molecule has 3 N–H and O–H groups in total. The van der Waals surface area contributed by atoms with Crippen LogP contribution >= 0.6 is 23.2 Å². The van der Waals surface area contributed by atoms with Crippen molar-refractivity contribution in [3.8, 4) is 17.0 Å². The minimum absolute atomic E-state index is 0.0725. The maximum Gasteiger partial charge on any atom is 0.429 e. The number of aromatic nitrogens is 2. The number of hydrogen-bond donors (Lipinski definition) is 2. The van der Waals surface area contributed by atoms with Crippen molar-refractivity contribution < 1.29 is 27.4 Å². The number of nitrogen functional groups attached to an aromatic ring is 1. The quantitative estimate of drug-likeness (QED) is 0.282. The number of alkyl halides is 3. The minimum atomic E-state index is -4.81. The van der Waals surface area contributed by atoms with E-state index in [0.717, 1.165) is 18.4 Å². The fourth-order valence-corrected chi connectivity index (χ4v) is 6.36. The first-order valence-electron chi connectivity index (χ1n) is 14.0. The predicted octanol–water partition coefficient (Wildman–Crippen LogP) is 6.54. The third-order valence-corrected chi connectivity index (χ3v) is 8.43. The summed E-state index contributed by atoms with van der Waals surface area (Å²) in [5.74, 6) is -0.396. The summed E-state index contributed by atoms with van der Waals surface area (Å²) in [7, 11) is 0. The summed E-state index contributed by atoms with van der Waals surface area (Å²) < 4.78 is 54.5. The Morgan fingerprint density at radius 1 is 1.14 bits per heavy atom. The van der Waals surface area contributed by atoms with Gasteiger partial charge >= 0.3 is 12.1 Å². The van der Waals surface area contributed by atoms with Crippen LogP contribution in [0.25, 0.3) is 11.1 Å². The lowest BCUT2D eigenvalue weighted by Crippen LogP contribution is -2.41. The Morgan fingerprint density at radius 2 is 1.88 bits per heavy atom. The molecule has 2 aliphatic heterocycles. The molecule has 8 nitrogen and oxygen atoms in total. The third-order valence-electron chi connectivity index (χ3n) is 7.97. The molecular formula is C30H32Cl2F3N5O3. The molecule has 0 unspecified atom stereocenters. The highest BCUT2D eigenvalue weighted by Gasteiger charge is 2.46. The van der Waals surface area contributed by atoms with Crippen molar-refractivity contribution in [1.29, 1.82) is 0 Å². The van der Waals surface area contributed by atoms with Crippen LogP contribution in [0.1, 0.15) is 43.4 Å². The number of hydrogen-bond acceptors (Lipinski definition) is 8. The summed E-state index contributed by atoms with van der Waals surface area (Å²) in [4.78, 5) is 22.4. The maximum atomic E-state index is 14.6. The number of carbonyl (C=O) groups excluding carboxylic acids is 1. The maximum absolute atomic E-state index is 14.6. The van der Waals surface area contributed by atoms with Gasteiger partial charge in [0.05, 0.1) is 6.61 Å². The van der Waals surface area contributed by atoms with E-state index in [-0.39, 0.29) is 45.4 Å². The SMILES string of the molecule is CCOC(=O)[C@@H]1CC2(CCN(c3cc(O[C@H](c4ccc(Cl)cc4-c4cc(C)cc(Cl)c4)C(F)(F)F)nc(N)n3)CC2)CN1. The molecule has 1 aromatic heterocycles. The number of esters is 1. The number of aryl methyl sites for hydroxylation is 1. The molecule has 2 saturated heterocycles. The average molecular weight is 639 g/mol. The molecule has 1 spiro atoms. The number of carbonyl (C=O) groups is 1. The highest BCUT2D eigenvalue weighted by Crippen LogP contribution is 2.44. The topological polar surface area (TPSA) is 103 Å². The molecule has 2 atom stereocenters. The zero-order chi connectivity index (χ0) is 30.9. The molecule has 2 aliphatic rings. The number of ether oxygens (including phenoxy) is 2. The molecule has 2 aromatic carbocycles. The van der Waals surface area contributed by atoms with Crippen LogP contribution in [-0.4, -0.2) is 54.4 Å². The van der Waals surface area contributed by atoms with E-state index in [9.17, 15) is 18.0 Å². The number of nitrogens with one attached hydrogen (secondary N) is 1. The Bertz CT molecular complexity index is 1480. The van der Waals surface area contributed by atoms with Crippen molar-refractivity contribution in [1.82, 2.24) is 15.3 Å². The highest BCUT2D eigenvalue weighted by molar-refractivity contribution is 6.31. The number of nitrogens with two attached hydrogens (primary N) is 1. The Balaban J connectivity index is 1.39. The van der Waals surface area contributed by atoms with Gasteiger partial charge in [-0.15, -0.1) is 0 Å². The van der Waals surface area contributed by atoms with Gasteiger partial charge in [0.1, 0.15) is 11.9 Å². The van der Waals surface area contributed by atoms with E-state index in [2.05, 4.69) is 15.3 Å². The molecule has 5 rings (SSSR count). The Labute approximate surface area is 257 Å². The van der Waals surface area contributed by atoms with Crippen LogP contribution in [0, 0.1) is 12.3 Å². The number of benzene rings is 2. The lowest BCUT2D eigenvalue weighted by atomic mass is 9.76. The van der Waals surface area contributed by atoms with Gasteiger partial charge in [0.15, 0.2) is 0 Å². The largest absolute Gasteiger partial charge is 0.465 e. The van der Waals surface area contributed by atoms with Crippen LogP contribution < -0.4 is 20.7 Å². The summed E-state index contributed by atoms with van der Waals surface area (Å²) in [6.07, 6.45) is -5.00. The van der Waals surface area contributed by atoms with Gasteiger partial charge in [-0.1, -0.05) is 35.3 Å². The molecule has 0 saturated carbocycles. The standard InChI is InChI=1S/C30H32Cl2F3N5O3/c1-3-42-27(41)23-15-29(16-37-23)6-8-40(9-7-29)24-14-25(39-28(36)38-24)43-26(30(33,34)35)21-5-4-19(31)13-22(21)18-10-17(2)11-20(32)12-18/h4-5,10-14,23,26,37H,3,6-9,15-16H2,1-2H3,(H2,36,38,39)/t23-,26+/m0/s1. The summed E-state index contributed by atoms with van der Waals surface area (Å²) in [6, 6.07) is 10.2. The number of rotatable bonds is 7. The van der Waals surface area contributed by atoms with Crippen LogP contribution in [0.5, 0.6) is 5.88 Å². The van der Waals surface area contributed by atoms with Crippen LogP contribution in [0.2, 0.25) is 10.0 Å². The van der Waals surface area contributed by atoms with Crippen molar-refractivity contribution in [3.05, 3.63) is 63.6 Å². The highest BCUT2D eigenvalue weighted by atomic mass is 35.5. The number of anilines is 2. The van der Waals surface area contributed by atoms with E-state index in [1.807, 2.05) is 4.90 Å². The van der Waals surface area contributed by atoms with Crippen molar-refractivity contribution in [2.45, 2.75) is 51.4 Å². The summed E-state index contributed by atoms with van der Waals surface area (Å²) in [5, 5.41) is 3.92. The van der Waals surface area contributed by atoms with E-state index in [0.29, 0.717) is 49.1 Å². The minimum Gasteiger partial charge on any atom is -0.465 e. The Kier molecular flexibility index (Phi) is 8.97. The smallest absolute Gasteiger partial charge is 0.429 e. The second-order valence-corrected chi connectivity index (χ2v) is 12.0. The van der Waals surface area contributed by atoms with E-state index in [1.165, 1.54) is 24.3 Å². The fraction of sp³-hybridized carbons (Fsp3) is 0.433. The molecule has 13 heteroatoms. The number of nitrogens with zero attached hydrogens (tertiary/aromatic N) is 3. The first-order valence-corrected chi connectivity index (χ1v) is 14.7. The van der Waals surface area contributed by atoms with Crippen molar-refractivity contribution in [2.24, 2.45) is 5.41 Å². The molecule has 3 heterocycles. The first-order chi connectivity index (χ1) is 20.4. The normalized spacial score (nSPS) is 19.0. The second kappa shape index (κ2) is 12.4. The lowest BCUT2D eigenvalue weighted by molar-refractivity contribution is -0.198. The lowest BCUT2D eigenvalue weighted by Gasteiger charge is -2.39. The van der Waals surface area contributed by atoms with Crippen LogP contribution in [-0.2, 0) is 9.53 Å². The zero-order valence-corrected chi connectivity index (χ0v) is 25.2. The Hall–Kier alpha value is -3.28. The molecule has 0 aliphatic carbocycles. The van der Waals surface area contributed by atoms with Gasteiger partial charge in [0.2, 0.25) is 17.9 Å². The third kappa shape index (κ3) is 7.11. The van der Waals surface area contributed by atoms with E-state index in [4.69, 9.17) is 38.4 Å². The van der Waals surface area contributed by atoms with Gasteiger partial charge in [-0.3, -0.25) is 4.79 Å². The molecule has 0 bridgehead atoms. The van der Waals surface area contributed by atoms with E-state index in [1.54, 1.807) is 32.0 Å². The molecule has 43 heavy (non-hydrogen) atoms. The molecule has 0 amide bonds. The monoisotopic (exact) mass is 637 g/mol. The van der Waals surface area contributed by atoms with Gasteiger partial charge in [0.25, 0.3) is 0 Å². The van der Waals surface area contributed by atoms with Gasteiger partial charge in [-0.25, -0.2) is 0 Å². The second-order valence-electron chi connectivity index (χ2n) is 11.1. The summed E-state index contributed by atoms with van der Waals surface area (Å²) >= 11 is 12.4. The summed E-state index contributed by atoms with van der Waals surface area (Å²) in [6.45, 7) is 5.74. The fourth-order valence-electron chi connectivity index (χ4n) is 5.90. The van der Waals surface area contributed by atoms with Crippen molar-refractivity contribution >= 4 is 40.9 Å². The van der Waals surface area contributed by atoms with Crippen LogP contribution in [0.15, 0.2) is 42.5 Å². The molecular weight excluding hydrogens is 606 g/mol. The van der Waals surface area contributed by atoms with Crippen molar-refractivity contribution in [3.63, 3.8) is 0 Å². The molecule has 3 aromatic rings. The number of piperidine rings is 1. The van der Waals surface area contributed by atoms with Crippen LogP contribution in [0.4, 0.5) is 24.9 Å². The molecule has 0 radical (unpaired) electrons. The van der Waals surface area contributed by atoms with Crippen LogP contribution in [0.3, 0.4) is 0 Å². The first kappa shape index (κ1) is 31.2. The Morgan fingerprint density at radius 3 is 2.56 bits per heavy atom. The predicted molar refractivity (Wildman–Crippen MR) is 159 cm³/mol. The van der Waals surface area contributed by atoms with Gasteiger partial charge < -0.3 is 25.4 Å². The van der Waals surface area contributed by atoms with Crippen molar-refractivity contribution in [2.75, 3.05) is 36.9 Å². The van der Waals surface area contributed by atoms with Gasteiger partial charge in [-0.2, -0.15) is 23.1 Å². The summed E-state index contributed by atoms with van der Waals surface area (Å²) in [5.41, 5.74) is 7.21. The molecule has 230 valence electrons. The van der Waals surface area contributed by atoms with Gasteiger partial charge in [-0.05, 0) is 79.5 Å². The zero-order valence-electron chi connectivity index (χ0n) is 23.7.